The number of halogens is 1. The van der Waals surface area contributed by atoms with Gasteiger partial charge in [0.15, 0.2) is 10.9 Å². The van der Waals surface area contributed by atoms with E-state index in [-0.39, 0.29) is 11.7 Å². The van der Waals surface area contributed by atoms with E-state index in [9.17, 15) is 4.79 Å². The SMILES string of the molecule is Cc1nc(NC(=O)c2cc3cc(Cl)ccc3o2)sc1C. The van der Waals surface area contributed by atoms with Gasteiger partial charge in [0.2, 0.25) is 0 Å². The lowest BCUT2D eigenvalue weighted by Crippen LogP contribution is -2.10. The van der Waals surface area contributed by atoms with Crippen molar-refractivity contribution in [2.45, 2.75) is 13.8 Å². The van der Waals surface area contributed by atoms with Gasteiger partial charge in [0.25, 0.3) is 5.91 Å². The molecule has 6 heteroatoms. The highest BCUT2D eigenvalue weighted by molar-refractivity contribution is 7.15. The zero-order chi connectivity index (χ0) is 14.3. The average Bonchev–Trinajstić information content (AvgIpc) is 2.93. The normalized spacial score (nSPS) is 10.9. The van der Waals surface area contributed by atoms with Crippen molar-refractivity contribution in [1.82, 2.24) is 4.98 Å². The highest BCUT2D eigenvalue weighted by Crippen LogP contribution is 2.25. The first-order valence-electron chi connectivity index (χ1n) is 5.97. The molecule has 0 unspecified atom stereocenters. The maximum absolute atomic E-state index is 12.1. The second kappa shape index (κ2) is 4.92. The van der Waals surface area contributed by atoms with Crippen LogP contribution < -0.4 is 5.32 Å². The highest BCUT2D eigenvalue weighted by atomic mass is 35.5. The van der Waals surface area contributed by atoms with Crippen LogP contribution in [0.4, 0.5) is 5.13 Å². The van der Waals surface area contributed by atoms with Gasteiger partial charge in [-0.1, -0.05) is 11.6 Å². The largest absolute Gasteiger partial charge is 0.451 e. The Morgan fingerprint density at radius 3 is 2.85 bits per heavy atom. The molecule has 3 aromatic rings. The highest BCUT2D eigenvalue weighted by Gasteiger charge is 2.14. The Kier molecular flexibility index (Phi) is 3.23. The van der Waals surface area contributed by atoms with Crippen molar-refractivity contribution < 1.29 is 9.21 Å². The zero-order valence-corrected chi connectivity index (χ0v) is 12.4. The maximum Gasteiger partial charge on any atom is 0.293 e. The second-order valence-electron chi connectivity index (χ2n) is 4.41. The topological polar surface area (TPSA) is 55.1 Å². The van der Waals surface area contributed by atoms with E-state index < -0.39 is 0 Å². The third-order valence-electron chi connectivity index (χ3n) is 2.95. The van der Waals surface area contributed by atoms with Crippen LogP contribution in [0.2, 0.25) is 5.02 Å². The standard InChI is InChI=1S/C14H11ClN2O2S/c1-7-8(2)20-14(16-7)17-13(18)12-6-9-5-10(15)3-4-11(9)19-12/h3-6H,1-2H3,(H,16,17,18). The molecule has 2 aromatic heterocycles. The summed E-state index contributed by atoms with van der Waals surface area (Å²) in [6.07, 6.45) is 0. The van der Waals surface area contributed by atoms with Crippen LogP contribution in [0, 0.1) is 13.8 Å². The first-order valence-corrected chi connectivity index (χ1v) is 7.17. The van der Waals surface area contributed by atoms with Crippen LogP contribution in [0.25, 0.3) is 11.0 Å². The Bertz CT molecular complexity index is 787. The summed E-state index contributed by atoms with van der Waals surface area (Å²) in [4.78, 5) is 17.5. The number of hydrogen-bond donors (Lipinski definition) is 1. The number of carbonyl (C=O) groups is 1. The van der Waals surface area contributed by atoms with Crippen molar-refractivity contribution in [3.05, 3.63) is 45.6 Å². The molecular formula is C14H11ClN2O2S. The van der Waals surface area contributed by atoms with Crippen LogP contribution in [0.3, 0.4) is 0 Å². The van der Waals surface area contributed by atoms with Gasteiger partial charge in [-0.2, -0.15) is 0 Å². The van der Waals surface area contributed by atoms with Crippen molar-refractivity contribution in [2.75, 3.05) is 5.32 Å². The fourth-order valence-electron chi connectivity index (χ4n) is 1.81. The smallest absolute Gasteiger partial charge is 0.293 e. The van der Waals surface area contributed by atoms with Crippen molar-refractivity contribution in [3.63, 3.8) is 0 Å². The fourth-order valence-corrected chi connectivity index (χ4v) is 2.80. The number of furan rings is 1. The first-order chi connectivity index (χ1) is 9.52. The summed E-state index contributed by atoms with van der Waals surface area (Å²) in [6, 6.07) is 6.90. The van der Waals surface area contributed by atoms with Crippen LogP contribution in [-0.4, -0.2) is 10.9 Å². The quantitative estimate of drug-likeness (QED) is 0.763. The summed E-state index contributed by atoms with van der Waals surface area (Å²) in [7, 11) is 0. The first kappa shape index (κ1) is 13.1. The summed E-state index contributed by atoms with van der Waals surface area (Å²) in [5, 5.41) is 4.72. The van der Waals surface area contributed by atoms with Crippen LogP contribution in [0.5, 0.6) is 0 Å². The Balaban J connectivity index is 1.88. The third kappa shape index (κ3) is 2.42. The minimum atomic E-state index is -0.314. The van der Waals surface area contributed by atoms with Gasteiger partial charge in [-0.15, -0.1) is 11.3 Å². The molecular weight excluding hydrogens is 296 g/mol. The number of nitrogens with zero attached hydrogens (tertiary/aromatic N) is 1. The Morgan fingerprint density at radius 1 is 1.35 bits per heavy atom. The molecule has 0 saturated heterocycles. The molecule has 0 aliphatic heterocycles. The van der Waals surface area contributed by atoms with E-state index in [4.69, 9.17) is 16.0 Å². The minimum absolute atomic E-state index is 0.243. The molecule has 0 spiro atoms. The van der Waals surface area contributed by atoms with Gasteiger partial charge in [0.1, 0.15) is 5.58 Å². The number of rotatable bonds is 2. The van der Waals surface area contributed by atoms with Gasteiger partial charge in [0, 0.05) is 15.3 Å². The van der Waals surface area contributed by atoms with Gasteiger partial charge in [0.05, 0.1) is 5.69 Å². The molecule has 0 saturated carbocycles. The molecule has 4 nitrogen and oxygen atoms in total. The number of benzene rings is 1. The number of aryl methyl sites for hydroxylation is 2. The van der Waals surface area contributed by atoms with E-state index in [1.54, 1.807) is 24.3 Å². The van der Waals surface area contributed by atoms with Gasteiger partial charge in [-0.05, 0) is 38.1 Å². The van der Waals surface area contributed by atoms with Gasteiger partial charge in [-0.3, -0.25) is 10.1 Å². The monoisotopic (exact) mass is 306 g/mol. The minimum Gasteiger partial charge on any atom is -0.451 e. The number of amides is 1. The molecule has 20 heavy (non-hydrogen) atoms. The fraction of sp³-hybridized carbons (Fsp3) is 0.143. The van der Waals surface area contributed by atoms with E-state index in [0.717, 1.165) is 16.0 Å². The summed E-state index contributed by atoms with van der Waals surface area (Å²) in [5.74, 6) is -0.0705. The molecule has 102 valence electrons. The molecule has 0 atom stereocenters. The number of nitrogens with one attached hydrogen (secondary N) is 1. The number of hydrogen-bond acceptors (Lipinski definition) is 4. The molecule has 0 aliphatic carbocycles. The lowest BCUT2D eigenvalue weighted by atomic mass is 10.2. The predicted octanol–water partition coefficient (Wildman–Crippen LogP) is 4.41. The third-order valence-corrected chi connectivity index (χ3v) is 4.17. The van der Waals surface area contributed by atoms with Gasteiger partial charge < -0.3 is 4.42 Å². The van der Waals surface area contributed by atoms with Crippen molar-refractivity contribution in [3.8, 4) is 0 Å². The molecule has 1 aromatic carbocycles. The molecule has 0 aliphatic rings. The summed E-state index contributed by atoms with van der Waals surface area (Å²) >= 11 is 7.35. The summed E-state index contributed by atoms with van der Waals surface area (Å²) < 4.78 is 5.50. The van der Waals surface area contributed by atoms with E-state index in [0.29, 0.717) is 15.7 Å². The van der Waals surface area contributed by atoms with Crippen LogP contribution in [-0.2, 0) is 0 Å². The van der Waals surface area contributed by atoms with Crippen molar-refractivity contribution in [1.29, 1.82) is 0 Å². The number of thiazole rings is 1. The Hall–Kier alpha value is -1.85. The van der Waals surface area contributed by atoms with E-state index in [1.165, 1.54) is 11.3 Å². The predicted molar refractivity (Wildman–Crippen MR) is 80.8 cm³/mol. The van der Waals surface area contributed by atoms with Crippen molar-refractivity contribution in [2.24, 2.45) is 0 Å². The molecule has 1 N–H and O–H groups in total. The summed E-state index contributed by atoms with van der Waals surface area (Å²) in [6.45, 7) is 3.87. The zero-order valence-electron chi connectivity index (χ0n) is 10.9. The molecule has 3 rings (SSSR count). The molecule has 0 fully saturated rings. The second-order valence-corrected chi connectivity index (χ2v) is 6.05. The molecule has 2 heterocycles. The van der Waals surface area contributed by atoms with Gasteiger partial charge >= 0.3 is 0 Å². The number of anilines is 1. The Labute approximate surface area is 124 Å². The van der Waals surface area contributed by atoms with E-state index in [1.807, 2.05) is 13.8 Å². The van der Waals surface area contributed by atoms with Crippen LogP contribution in [0.1, 0.15) is 21.1 Å². The Morgan fingerprint density at radius 2 is 2.15 bits per heavy atom. The van der Waals surface area contributed by atoms with Crippen LogP contribution in [0.15, 0.2) is 28.7 Å². The summed E-state index contributed by atoms with van der Waals surface area (Å²) in [5.41, 5.74) is 1.55. The molecule has 1 amide bonds. The van der Waals surface area contributed by atoms with E-state index in [2.05, 4.69) is 10.3 Å². The number of fused-ring (bicyclic) bond motifs is 1. The maximum atomic E-state index is 12.1. The van der Waals surface area contributed by atoms with Crippen LogP contribution >= 0.6 is 22.9 Å². The average molecular weight is 307 g/mol. The molecule has 0 bridgehead atoms. The molecule has 0 radical (unpaired) electrons. The number of aromatic nitrogens is 1. The van der Waals surface area contributed by atoms with E-state index >= 15 is 0 Å². The lowest BCUT2D eigenvalue weighted by Gasteiger charge is -1.96. The number of carbonyl (C=O) groups excluding carboxylic acids is 1. The van der Waals surface area contributed by atoms with Crippen molar-refractivity contribution >= 4 is 44.9 Å². The lowest BCUT2D eigenvalue weighted by molar-refractivity contribution is 0.0998. The van der Waals surface area contributed by atoms with Gasteiger partial charge in [-0.25, -0.2) is 4.98 Å².